The van der Waals surface area contributed by atoms with Gasteiger partial charge in [0.15, 0.2) is 0 Å². The van der Waals surface area contributed by atoms with Crippen molar-refractivity contribution in [1.29, 1.82) is 5.26 Å². The van der Waals surface area contributed by atoms with Crippen molar-refractivity contribution in [3.63, 3.8) is 0 Å². The Hall–Kier alpha value is -1.24. The van der Waals surface area contributed by atoms with Gasteiger partial charge in [-0.1, -0.05) is 37.3 Å². The molecule has 1 aliphatic carbocycles. The lowest BCUT2D eigenvalue weighted by atomic mass is 10.00. The fraction of sp³-hybridized carbons (Fsp3) is 0.533. The SMILES string of the molecule is N#Cc1ccc(NCC(O)CC2CCCC2)cc1Cl. The van der Waals surface area contributed by atoms with Crippen LogP contribution in [0.1, 0.15) is 37.7 Å². The number of anilines is 1. The highest BCUT2D eigenvalue weighted by atomic mass is 35.5. The predicted octanol–water partition coefficient (Wildman–Crippen LogP) is 3.56. The molecule has 1 unspecified atom stereocenters. The molecule has 0 bridgehead atoms. The molecule has 0 amide bonds. The first-order valence-electron chi connectivity index (χ1n) is 6.80. The second-order valence-corrected chi connectivity index (χ2v) is 5.63. The molecule has 1 aromatic carbocycles. The maximum absolute atomic E-state index is 9.99. The first-order chi connectivity index (χ1) is 9.19. The van der Waals surface area contributed by atoms with E-state index in [1.807, 2.05) is 12.1 Å². The second-order valence-electron chi connectivity index (χ2n) is 5.23. The average molecular weight is 279 g/mol. The molecule has 1 fully saturated rings. The summed E-state index contributed by atoms with van der Waals surface area (Å²) in [5.41, 5.74) is 1.31. The number of hydrogen-bond donors (Lipinski definition) is 2. The lowest BCUT2D eigenvalue weighted by Crippen LogP contribution is -2.22. The number of aliphatic hydroxyl groups excluding tert-OH is 1. The summed E-state index contributed by atoms with van der Waals surface area (Å²) < 4.78 is 0. The number of aliphatic hydroxyl groups is 1. The minimum absolute atomic E-state index is 0.322. The average Bonchev–Trinajstić information content (AvgIpc) is 2.89. The van der Waals surface area contributed by atoms with Gasteiger partial charge in [0.1, 0.15) is 6.07 Å². The van der Waals surface area contributed by atoms with Crippen molar-refractivity contribution in [3.05, 3.63) is 28.8 Å². The van der Waals surface area contributed by atoms with Gasteiger partial charge in [0, 0.05) is 12.2 Å². The molecule has 0 aliphatic heterocycles. The van der Waals surface area contributed by atoms with E-state index in [9.17, 15) is 5.11 Å². The first-order valence-corrected chi connectivity index (χ1v) is 7.18. The van der Waals surface area contributed by atoms with Crippen molar-refractivity contribution in [3.8, 4) is 6.07 Å². The fourth-order valence-corrected chi connectivity index (χ4v) is 2.89. The smallest absolute Gasteiger partial charge is 0.101 e. The lowest BCUT2D eigenvalue weighted by molar-refractivity contribution is 0.155. The van der Waals surface area contributed by atoms with Crippen molar-refractivity contribution >= 4 is 17.3 Å². The van der Waals surface area contributed by atoms with Crippen molar-refractivity contribution < 1.29 is 5.11 Å². The van der Waals surface area contributed by atoms with Gasteiger partial charge in [-0.15, -0.1) is 0 Å². The van der Waals surface area contributed by atoms with Crippen LogP contribution in [0.4, 0.5) is 5.69 Å². The zero-order chi connectivity index (χ0) is 13.7. The van der Waals surface area contributed by atoms with E-state index in [1.165, 1.54) is 25.7 Å². The van der Waals surface area contributed by atoms with E-state index in [-0.39, 0.29) is 6.10 Å². The quantitative estimate of drug-likeness (QED) is 0.866. The van der Waals surface area contributed by atoms with E-state index in [1.54, 1.807) is 12.1 Å². The van der Waals surface area contributed by atoms with Gasteiger partial charge < -0.3 is 10.4 Å². The molecule has 0 aromatic heterocycles. The summed E-state index contributed by atoms with van der Waals surface area (Å²) in [7, 11) is 0. The van der Waals surface area contributed by atoms with Gasteiger partial charge in [-0.2, -0.15) is 5.26 Å². The number of nitrogens with one attached hydrogen (secondary N) is 1. The second kappa shape index (κ2) is 6.79. The van der Waals surface area contributed by atoms with Crippen LogP contribution in [0.25, 0.3) is 0 Å². The molecule has 0 heterocycles. The van der Waals surface area contributed by atoms with Crippen LogP contribution < -0.4 is 5.32 Å². The van der Waals surface area contributed by atoms with E-state index in [0.29, 0.717) is 23.0 Å². The molecule has 1 aliphatic rings. The molecule has 2 N–H and O–H groups in total. The summed E-state index contributed by atoms with van der Waals surface area (Å²) in [5.74, 6) is 0.682. The van der Waals surface area contributed by atoms with Gasteiger partial charge >= 0.3 is 0 Å². The van der Waals surface area contributed by atoms with Crippen LogP contribution in [0.3, 0.4) is 0 Å². The van der Waals surface area contributed by atoms with Crippen molar-refractivity contribution in [2.45, 2.75) is 38.2 Å². The molecule has 19 heavy (non-hydrogen) atoms. The minimum atomic E-state index is -0.322. The Kier molecular flexibility index (Phi) is 5.07. The standard InChI is InChI=1S/C15H19ClN2O/c16-15-8-13(6-5-12(15)9-17)18-10-14(19)7-11-3-1-2-4-11/h5-6,8,11,14,18-19H,1-4,7,10H2. The largest absolute Gasteiger partial charge is 0.391 e. The van der Waals surface area contributed by atoms with Crippen LogP contribution >= 0.6 is 11.6 Å². The maximum Gasteiger partial charge on any atom is 0.101 e. The Labute approximate surface area is 119 Å². The summed E-state index contributed by atoms with van der Waals surface area (Å²) >= 11 is 5.96. The van der Waals surface area contributed by atoms with Crippen molar-refractivity contribution in [2.75, 3.05) is 11.9 Å². The minimum Gasteiger partial charge on any atom is -0.391 e. The number of hydrogen-bond acceptors (Lipinski definition) is 3. The Bertz CT molecular complexity index is 464. The topological polar surface area (TPSA) is 56.0 Å². The highest BCUT2D eigenvalue weighted by Crippen LogP contribution is 2.28. The molecule has 1 aromatic rings. The van der Waals surface area contributed by atoms with Gasteiger partial charge in [0.05, 0.1) is 16.7 Å². The third-order valence-electron chi connectivity index (χ3n) is 3.71. The molecular formula is C15H19ClN2O. The Morgan fingerprint density at radius 1 is 1.42 bits per heavy atom. The van der Waals surface area contributed by atoms with Gasteiger partial charge in [0.2, 0.25) is 0 Å². The van der Waals surface area contributed by atoms with Crippen molar-refractivity contribution in [1.82, 2.24) is 0 Å². The van der Waals surface area contributed by atoms with Crippen molar-refractivity contribution in [2.24, 2.45) is 5.92 Å². The van der Waals surface area contributed by atoms with Crippen LogP contribution in [0, 0.1) is 17.2 Å². The number of nitrogens with zero attached hydrogens (tertiary/aromatic N) is 1. The van der Waals surface area contributed by atoms with E-state index in [0.717, 1.165) is 12.1 Å². The molecule has 0 saturated heterocycles. The number of nitriles is 1. The van der Waals surface area contributed by atoms with E-state index < -0.39 is 0 Å². The zero-order valence-corrected chi connectivity index (χ0v) is 11.7. The van der Waals surface area contributed by atoms with Gasteiger partial charge in [-0.25, -0.2) is 0 Å². The number of benzene rings is 1. The third-order valence-corrected chi connectivity index (χ3v) is 4.02. The highest BCUT2D eigenvalue weighted by Gasteiger charge is 2.18. The van der Waals surface area contributed by atoms with E-state index in [4.69, 9.17) is 16.9 Å². The van der Waals surface area contributed by atoms with Gasteiger partial charge in [-0.05, 0) is 30.5 Å². The molecular weight excluding hydrogens is 260 g/mol. The van der Waals surface area contributed by atoms with Crippen LogP contribution in [-0.2, 0) is 0 Å². The summed E-state index contributed by atoms with van der Waals surface area (Å²) in [4.78, 5) is 0. The molecule has 3 nitrogen and oxygen atoms in total. The molecule has 102 valence electrons. The van der Waals surface area contributed by atoms with Crippen LogP contribution in [0.2, 0.25) is 5.02 Å². The van der Waals surface area contributed by atoms with E-state index >= 15 is 0 Å². The van der Waals surface area contributed by atoms with Crippen LogP contribution in [0.5, 0.6) is 0 Å². The molecule has 0 radical (unpaired) electrons. The maximum atomic E-state index is 9.99. The van der Waals surface area contributed by atoms with E-state index in [2.05, 4.69) is 5.32 Å². The fourth-order valence-electron chi connectivity index (χ4n) is 2.67. The van der Waals surface area contributed by atoms with Gasteiger partial charge in [0.25, 0.3) is 0 Å². The monoisotopic (exact) mass is 278 g/mol. The zero-order valence-electron chi connectivity index (χ0n) is 10.9. The number of halogens is 1. The van der Waals surface area contributed by atoms with Gasteiger partial charge in [-0.3, -0.25) is 0 Å². The lowest BCUT2D eigenvalue weighted by Gasteiger charge is -2.16. The third kappa shape index (κ3) is 4.12. The molecule has 2 rings (SSSR count). The predicted molar refractivity (Wildman–Crippen MR) is 77.2 cm³/mol. The Balaban J connectivity index is 1.81. The highest BCUT2D eigenvalue weighted by molar-refractivity contribution is 6.32. The van der Waals surface area contributed by atoms with Crippen LogP contribution in [0.15, 0.2) is 18.2 Å². The first kappa shape index (κ1) is 14.2. The molecule has 1 atom stereocenters. The van der Waals surface area contributed by atoms with Crippen LogP contribution in [-0.4, -0.2) is 17.8 Å². The Morgan fingerprint density at radius 2 is 2.16 bits per heavy atom. The summed E-state index contributed by atoms with van der Waals surface area (Å²) in [6.45, 7) is 0.527. The Morgan fingerprint density at radius 3 is 2.79 bits per heavy atom. The number of rotatable bonds is 5. The summed E-state index contributed by atoms with van der Waals surface area (Å²) in [5, 5.41) is 22.4. The normalized spacial score (nSPS) is 17.1. The summed E-state index contributed by atoms with van der Waals surface area (Å²) in [6, 6.07) is 7.25. The summed E-state index contributed by atoms with van der Waals surface area (Å²) in [6.07, 6.45) is 5.65. The molecule has 0 spiro atoms. The molecule has 1 saturated carbocycles. The molecule has 4 heteroatoms.